The fraction of sp³-hybridized carbons (Fsp3) is 0.133. The Morgan fingerprint density at radius 1 is 1.30 bits per heavy atom. The normalized spacial score (nSPS) is 10.3. The van der Waals surface area contributed by atoms with Crippen LogP contribution >= 0.6 is 11.6 Å². The van der Waals surface area contributed by atoms with Crippen molar-refractivity contribution in [2.45, 2.75) is 6.92 Å². The molecule has 0 aliphatic carbocycles. The van der Waals surface area contributed by atoms with E-state index in [1.807, 2.05) is 0 Å². The van der Waals surface area contributed by atoms with Gasteiger partial charge in [-0.1, -0.05) is 23.7 Å². The van der Waals surface area contributed by atoms with Gasteiger partial charge in [0.2, 0.25) is 0 Å². The molecule has 0 spiro atoms. The summed E-state index contributed by atoms with van der Waals surface area (Å²) in [4.78, 5) is 13.9. The van der Waals surface area contributed by atoms with E-state index in [2.05, 4.69) is 0 Å². The zero-order chi connectivity index (χ0) is 14.7. The van der Waals surface area contributed by atoms with Crippen LogP contribution in [-0.2, 0) is 0 Å². The second-order valence-corrected chi connectivity index (χ2v) is 4.65. The lowest BCUT2D eigenvalue weighted by molar-refractivity contribution is 0.0984. The smallest absolute Gasteiger partial charge is 0.262 e. The van der Waals surface area contributed by atoms with Gasteiger partial charge in [0.1, 0.15) is 5.82 Å². The summed E-state index contributed by atoms with van der Waals surface area (Å²) < 4.78 is 13.8. The first-order valence-corrected chi connectivity index (χ1v) is 6.53. The first-order valence-electron chi connectivity index (χ1n) is 6.16. The summed E-state index contributed by atoms with van der Waals surface area (Å²) in [5, 5.41) is 0.0948. The maximum Gasteiger partial charge on any atom is 0.262 e. The molecule has 0 saturated heterocycles. The van der Waals surface area contributed by atoms with Gasteiger partial charge >= 0.3 is 0 Å². The molecular weight excluding hydrogens is 279 g/mol. The molecule has 0 atom stereocenters. The molecule has 0 heterocycles. The van der Waals surface area contributed by atoms with E-state index in [-0.39, 0.29) is 10.6 Å². The van der Waals surface area contributed by atoms with Crippen molar-refractivity contribution in [2.24, 2.45) is 0 Å². The van der Waals surface area contributed by atoms with Gasteiger partial charge in [-0.05, 0) is 37.3 Å². The second-order valence-electron chi connectivity index (χ2n) is 4.24. The molecule has 2 rings (SSSR count). The van der Waals surface area contributed by atoms with Crippen molar-refractivity contribution in [1.29, 1.82) is 0 Å². The third-order valence-electron chi connectivity index (χ3n) is 2.92. The second kappa shape index (κ2) is 5.92. The molecule has 1 amide bonds. The summed E-state index contributed by atoms with van der Waals surface area (Å²) in [5.74, 6) is -1.12. The zero-order valence-corrected chi connectivity index (χ0v) is 11.7. The number of benzene rings is 2. The molecule has 2 N–H and O–H groups in total. The molecule has 0 unspecified atom stereocenters. The molecule has 2 aromatic carbocycles. The lowest BCUT2D eigenvalue weighted by Crippen LogP contribution is -2.31. The van der Waals surface area contributed by atoms with Gasteiger partial charge in [0.05, 0.1) is 10.6 Å². The van der Waals surface area contributed by atoms with Crippen molar-refractivity contribution in [3.63, 3.8) is 0 Å². The first-order chi connectivity index (χ1) is 9.54. The van der Waals surface area contributed by atoms with Gasteiger partial charge in [-0.2, -0.15) is 0 Å². The third-order valence-corrected chi connectivity index (χ3v) is 3.23. The van der Waals surface area contributed by atoms with E-state index in [1.54, 1.807) is 31.2 Å². The van der Waals surface area contributed by atoms with Crippen LogP contribution in [0.25, 0.3) is 0 Å². The van der Waals surface area contributed by atoms with E-state index in [0.29, 0.717) is 17.9 Å². The maximum atomic E-state index is 13.8. The fourth-order valence-electron chi connectivity index (χ4n) is 1.97. The van der Waals surface area contributed by atoms with E-state index in [1.165, 1.54) is 23.1 Å². The van der Waals surface area contributed by atoms with E-state index in [9.17, 15) is 9.18 Å². The van der Waals surface area contributed by atoms with Crippen LogP contribution in [0.1, 0.15) is 17.3 Å². The Morgan fingerprint density at radius 2 is 2.00 bits per heavy atom. The first kappa shape index (κ1) is 14.3. The summed E-state index contributed by atoms with van der Waals surface area (Å²) in [6, 6.07) is 11.0. The summed E-state index contributed by atoms with van der Waals surface area (Å²) >= 11 is 5.93. The van der Waals surface area contributed by atoms with Gasteiger partial charge in [-0.15, -0.1) is 0 Å². The average molecular weight is 293 g/mol. The van der Waals surface area contributed by atoms with Crippen LogP contribution in [0.15, 0.2) is 42.5 Å². The Hall–Kier alpha value is -2.07. The molecule has 0 saturated carbocycles. The van der Waals surface area contributed by atoms with Crippen LogP contribution in [0.4, 0.5) is 15.8 Å². The molecule has 20 heavy (non-hydrogen) atoms. The van der Waals surface area contributed by atoms with Crippen LogP contribution < -0.4 is 10.6 Å². The van der Waals surface area contributed by atoms with Crippen molar-refractivity contribution in [3.8, 4) is 0 Å². The predicted octanol–water partition coefficient (Wildman–Crippen LogP) is 3.73. The van der Waals surface area contributed by atoms with Crippen molar-refractivity contribution in [2.75, 3.05) is 17.2 Å². The van der Waals surface area contributed by atoms with Crippen LogP contribution in [-0.4, -0.2) is 12.5 Å². The zero-order valence-electron chi connectivity index (χ0n) is 10.9. The molecule has 104 valence electrons. The Kier molecular flexibility index (Phi) is 4.25. The summed E-state index contributed by atoms with van der Waals surface area (Å²) in [6.07, 6.45) is 0. The molecule has 3 nitrogen and oxygen atoms in total. The highest BCUT2D eigenvalue weighted by atomic mass is 35.5. The predicted molar refractivity (Wildman–Crippen MR) is 79.6 cm³/mol. The van der Waals surface area contributed by atoms with Gasteiger partial charge in [-0.3, -0.25) is 4.79 Å². The Morgan fingerprint density at radius 3 is 2.60 bits per heavy atom. The van der Waals surface area contributed by atoms with E-state index >= 15 is 0 Å². The van der Waals surface area contributed by atoms with Gasteiger partial charge in [0.25, 0.3) is 5.91 Å². The van der Waals surface area contributed by atoms with Crippen LogP contribution in [0.5, 0.6) is 0 Å². The largest absolute Gasteiger partial charge is 0.399 e. The van der Waals surface area contributed by atoms with Gasteiger partial charge in [0.15, 0.2) is 0 Å². The number of halogens is 2. The van der Waals surface area contributed by atoms with Crippen molar-refractivity contribution in [3.05, 3.63) is 58.9 Å². The van der Waals surface area contributed by atoms with Crippen LogP contribution in [0, 0.1) is 5.82 Å². The minimum Gasteiger partial charge on any atom is -0.399 e. The van der Waals surface area contributed by atoms with Gasteiger partial charge in [0, 0.05) is 17.9 Å². The molecule has 0 radical (unpaired) electrons. The minimum absolute atomic E-state index is 0.0948. The number of anilines is 2. The number of nitrogens with zero attached hydrogens (tertiary/aromatic N) is 1. The van der Waals surface area contributed by atoms with Crippen molar-refractivity contribution < 1.29 is 9.18 Å². The van der Waals surface area contributed by atoms with E-state index < -0.39 is 11.7 Å². The highest BCUT2D eigenvalue weighted by Gasteiger charge is 2.22. The number of hydrogen-bond acceptors (Lipinski definition) is 2. The Labute approximate surface area is 121 Å². The van der Waals surface area contributed by atoms with Crippen LogP contribution in [0.2, 0.25) is 5.02 Å². The SMILES string of the molecule is CCN(C(=O)c1c(F)cccc1Cl)c1cccc(N)c1. The van der Waals surface area contributed by atoms with Gasteiger partial charge < -0.3 is 10.6 Å². The standard InChI is InChI=1S/C15H14ClFN2O/c1-2-19(11-6-3-5-10(18)9-11)15(20)14-12(16)7-4-8-13(14)17/h3-9H,2,18H2,1H3. The van der Waals surface area contributed by atoms with Crippen LogP contribution in [0.3, 0.4) is 0 Å². The highest BCUT2D eigenvalue weighted by Crippen LogP contribution is 2.25. The number of nitrogens with two attached hydrogens (primary N) is 1. The average Bonchev–Trinajstić information content (AvgIpc) is 2.39. The molecular formula is C15H14ClFN2O. The van der Waals surface area contributed by atoms with Crippen molar-refractivity contribution >= 4 is 28.9 Å². The monoisotopic (exact) mass is 292 g/mol. The summed E-state index contributed by atoms with van der Waals surface area (Å²) in [7, 11) is 0. The van der Waals surface area contributed by atoms with Crippen molar-refractivity contribution in [1.82, 2.24) is 0 Å². The third kappa shape index (κ3) is 2.75. The lowest BCUT2D eigenvalue weighted by atomic mass is 10.1. The molecule has 0 bridgehead atoms. The Balaban J connectivity index is 2.45. The molecule has 5 heteroatoms. The summed E-state index contributed by atoms with van der Waals surface area (Å²) in [6.45, 7) is 2.18. The molecule has 0 aliphatic heterocycles. The fourth-order valence-corrected chi connectivity index (χ4v) is 2.22. The quantitative estimate of drug-likeness (QED) is 0.876. The Bertz CT molecular complexity index is 625. The number of amides is 1. The molecule has 0 fully saturated rings. The number of rotatable bonds is 3. The van der Waals surface area contributed by atoms with E-state index in [4.69, 9.17) is 17.3 Å². The number of carbonyl (C=O) groups excluding carboxylic acids is 1. The lowest BCUT2D eigenvalue weighted by Gasteiger charge is -2.22. The molecule has 0 aliphatic rings. The van der Waals surface area contributed by atoms with E-state index in [0.717, 1.165) is 0 Å². The maximum absolute atomic E-state index is 13.8. The highest BCUT2D eigenvalue weighted by molar-refractivity contribution is 6.34. The minimum atomic E-state index is -0.634. The van der Waals surface area contributed by atoms with Gasteiger partial charge in [-0.25, -0.2) is 4.39 Å². The topological polar surface area (TPSA) is 46.3 Å². The number of hydrogen-bond donors (Lipinski definition) is 1. The number of carbonyl (C=O) groups is 1. The molecule has 2 aromatic rings. The number of nitrogen functional groups attached to an aromatic ring is 1. The summed E-state index contributed by atoms with van der Waals surface area (Å²) in [5.41, 5.74) is 6.73. The molecule has 0 aromatic heterocycles.